The zero-order valence-electron chi connectivity index (χ0n) is 12.8. The van der Waals surface area contributed by atoms with E-state index in [1.165, 1.54) is 12.1 Å². The second-order valence-corrected chi connectivity index (χ2v) is 5.64. The zero-order valence-corrected chi connectivity index (χ0v) is 12.8. The normalized spacial score (nSPS) is 17.0. The van der Waals surface area contributed by atoms with Gasteiger partial charge < -0.3 is 9.64 Å². The first-order valence-corrected chi connectivity index (χ1v) is 7.73. The van der Waals surface area contributed by atoms with E-state index in [4.69, 9.17) is 10.00 Å². The number of pyridine rings is 1. The monoisotopic (exact) mass is 311 g/mol. The van der Waals surface area contributed by atoms with Crippen molar-refractivity contribution in [2.24, 2.45) is 0 Å². The van der Waals surface area contributed by atoms with Crippen molar-refractivity contribution in [2.75, 3.05) is 18.1 Å². The minimum absolute atomic E-state index is 0.149. The molecule has 0 radical (unpaired) electrons. The van der Waals surface area contributed by atoms with Crippen molar-refractivity contribution in [1.82, 2.24) is 4.98 Å². The minimum atomic E-state index is -0.252. The maximum Gasteiger partial charge on any atom is 0.142 e. The number of ether oxygens (including phenoxy) is 1. The van der Waals surface area contributed by atoms with E-state index in [1.807, 2.05) is 23.1 Å². The highest BCUT2D eigenvalue weighted by Crippen LogP contribution is 2.20. The molecule has 1 aromatic heterocycles. The van der Waals surface area contributed by atoms with Gasteiger partial charge in [0.05, 0.1) is 6.10 Å². The molecule has 1 aliphatic rings. The molecule has 0 amide bonds. The lowest BCUT2D eigenvalue weighted by molar-refractivity contribution is 0.115. The van der Waals surface area contributed by atoms with Gasteiger partial charge in [-0.25, -0.2) is 9.37 Å². The summed E-state index contributed by atoms with van der Waals surface area (Å²) in [5, 5.41) is 9.05. The first-order valence-electron chi connectivity index (χ1n) is 7.73. The number of nitrogens with zero attached hydrogens (tertiary/aromatic N) is 3. The first-order chi connectivity index (χ1) is 11.2. The van der Waals surface area contributed by atoms with Gasteiger partial charge in [0.2, 0.25) is 0 Å². The predicted molar refractivity (Wildman–Crippen MR) is 85.4 cm³/mol. The van der Waals surface area contributed by atoms with Crippen LogP contribution in [0.25, 0.3) is 0 Å². The SMILES string of the molecule is N#Cc1cccc(N(Cc2cccc(F)c2)CC2CCCO2)n1. The Morgan fingerprint density at radius 3 is 2.91 bits per heavy atom. The zero-order chi connectivity index (χ0) is 16.1. The van der Waals surface area contributed by atoms with Crippen molar-refractivity contribution in [3.63, 3.8) is 0 Å². The second kappa shape index (κ2) is 7.21. The number of aromatic nitrogens is 1. The summed E-state index contributed by atoms with van der Waals surface area (Å²) in [6.45, 7) is 1.99. The van der Waals surface area contributed by atoms with Gasteiger partial charge >= 0.3 is 0 Å². The summed E-state index contributed by atoms with van der Waals surface area (Å²) in [6, 6.07) is 14.0. The molecular formula is C18H18FN3O. The summed E-state index contributed by atoms with van der Waals surface area (Å²) in [5.74, 6) is 0.460. The summed E-state index contributed by atoms with van der Waals surface area (Å²) >= 11 is 0. The Morgan fingerprint density at radius 2 is 2.17 bits per heavy atom. The quantitative estimate of drug-likeness (QED) is 0.850. The Labute approximate surface area is 135 Å². The molecule has 2 aromatic rings. The molecule has 1 fully saturated rings. The molecular weight excluding hydrogens is 293 g/mol. The molecule has 23 heavy (non-hydrogen) atoms. The fourth-order valence-electron chi connectivity index (χ4n) is 2.79. The van der Waals surface area contributed by atoms with E-state index >= 15 is 0 Å². The average molecular weight is 311 g/mol. The van der Waals surface area contributed by atoms with E-state index in [0.717, 1.165) is 25.0 Å². The third-order valence-electron chi connectivity index (χ3n) is 3.88. The largest absolute Gasteiger partial charge is 0.376 e. The van der Waals surface area contributed by atoms with Crippen LogP contribution in [0.5, 0.6) is 0 Å². The van der Waals surface area contributed by atoms with Gasteiger partial charge in [0.25, 0.3) is 0 Å². The molecule has 118 valence electrons. The molecule has 5 heteroatoms. The van der Waals surface area contributed by atoms with E-state index in [2.05, 4.69) is 11.1 Å². The highest BCUT2D eigenvalue weighted by Gasteiger charge is 2.20. The van der Waals surface area contributed by atoms with E-state index in [0.29, 0.717) is 24.6 Å². The fraction of sp³-hybridized carbons (Fsp3) is 0.333. The number of halogens is 1. The van der Waals surface area contributed by atoms with Crippen LogP contribution < -0.4 is 4.90 Å². The molecule has 3 rings (SSSR count). The van der Waals surface area contributed by atoms with Gasteiger partial charge in [-0.2, -0.15) is 5.26 Å². The Hall–Kier alpha value is -2.45. The number of anilines is 1. The number of benzene rings is 1. The van der Waals surface area contributed by atoms with Crippen molar-refractivity contribution in [3.8, 4) is 6.07 Å². The lowest BCUT2D eigenvalue weighted by Crippen LogP contribution is -2.32. The Balaban J connectivity index is 1.84. The van der Waals surface area contributed by atoms with Crippen LogP contribution in [0.2, 0.25) is 0 Å². The van der Waals surface area contributed by atoms with Crippen LogP contribution in [0.15, 0.2) is 42.5 Å². The summed E-state index contributed by atoms with van der Waals surface area (Å²) in [6.07, 6.45) is 2.22. The van der Waals surface area contributed by atoms with Gasteiger partial charge in [-0.1, -0.05) is 18.2 Å². The third-order valence-corrected chi connectivity index (χ3v) is 3.88. The van der Waals surface area contributed by atoms with Gasteiger partial charge in [0.1, 0.15) is 23.4 Å². The van der Waals surface area contributed by atoms with Crippen LogP contribution in [0.4, 0.5) is 10.2 Å². The van der Waals surface area contributed by atoms with Crippen molar-refractivity contribution >= 4 is 5.82 Å². The molecule has 1 saturated heterocycles. The molecule has 1 aliphatic heterocycles. The van der Waals surface area contributed by atoms with Gasteiger partial charge in [-0.3, -0.25) is 0 Å². The Bertz CT molecular complexity index is 707. The molecule has 1 aromatic carbocycles. The standard InChI is InChI=1S/C18H18FN3O/c19-15-5-1-4-14(10-15)12-22(13-17-7-3-9-23-17)18-8-2-6-16(11-20)21-18/h1-2,4-6,8,10,17H,3,7,9,12-13H2. The number of nitriles is 1. The van der Waals surface area contributed by atoms with E-state index in [9.17, 15) is 4.39 Å². The molecule has 1 unspecified atom stereocenters. The number of hydrogen-bond donors (Lipinski definition) is 0. The van der Waals surface area contributed by atoms with Gasteiger partial charge in [-0.15, -0.1) is 0 Å². The maximum absolute atomic E-state index is 13.4. The average Bonchev–Trinajstić information content (AvgIpc) is 3.07. The van der Waals surface area contributed by atoms with Crippen molar-refractivity contribution in [2.45, 2.75) is 25.5 Å². The van der Waals surface area contributed by atoms with Gasteiger partial charge in [0.15, 0.2) is 0 Å². The maximum atomic E-state index is 13.4. The van der Waals surface area contributed by atoms with Crippen molar-refractivity contribution < 1.29 is 9.13 Å². The summed E-state index contributed by atoms with van der Waals surface area (Å²) < 4.78 is 19.2. The van der Waals surface area contributed by atoms with Gasteiger partial charge in [-0.05, 0) is 42.7 Å². The molecule has 4 nitrogen and oxygen atoms in total. The van der Waals surface area contributed by atoms with E-state index < -0.39 is 0 Å². The Morgan fingerprint density at radius 1 is 1.30 bits per heavy atom. The lowest BCUT2D eigenvalue weighted by Gasteiger charge is -2.26. The smallest absolute Gasteiger partial charge is 0.142 e. The van der Waals surface area contributed by atoms with Gasteiger partial charge in [0, 0.05) is 19.7 Å². The van der Waals surface area contributed by atoms with Crippen LogP contribution >= 0.6 is 0 Å². The van der Waals surface area contributed by atoms with Crippen molar-refractivity contribution in [1.29, 1.82) is 5.26 Å². The van der Waals surface area contributed by atoms with Crippen LogP contribution in [0.1, 0.15) is 24.1 Å². The lowest BCUT2D eigenvalue weighted by atomic mass is 10.1. The molecule has 0 saturated carbocycles. The van der Waals surface area contributed by atoms with Crippen LogP contribution in [-0.4, -0.2) is 24.2 Å². The predicted octanol–water partition coefficient (Wildman–Crippen LogP) is 3.28. The molecule has 2 heterocycles. The molecule has 0 bridgehead atoms. The van der Waals surface area contributed by atoms with Crippen molar-refractivity contribution in [3.05, 3.63) is 59.5 Å². The molecule has 0 aliphatic carbocycles. The van der Waals surface area contributed by atoms with Crippen LogP contribution in [0.3, 0.4) is 0 Å². The second-order valence-electron chi connectivity index (χ2n) is 5.64. The summed E-state index contributed by atoms with van der Waals surface area (Å²) in [7, 11) is 0. The third kappa shape index (κ3) is 4.05. The molecule has 0 N–H and O–H groups in total. The minimum Gasteiger partial charge on any atom is -0.376 e. The number of rotatable bonds is 5. The highest BCUT2D eigenvalue weighted by atomic mass is 19.1. The van der Waals surface area contributed by atoms with E-state index in [-0.39, 0.29) is 11.9 Å². The first kappa shape index (κ1) is 15.4. The van der Waals surface area contributed by atoms with Crippen LogP contribution in [-0.2, 0) is 11.3 Å². The topological polar surface area (TPSA) is 49.2 Å². The molecule has 0 spiro atoms. The molecule has 1 atom stereocenters. The van der Waals surface area contributed by atoms with E-state index in [1.54, 1.807) is 12.1 Å². The fourth-order valence-corrected chi connectivity index (χ4v) is 2.79. The summed E-state index contributed by atoms with van der Waals surface area (Å²) in [4.78, 5) is 6.41. The summed E-state index contributed by atoms with van der Waals surface area (Å²) in [5.41, 5.74) is 1.24. The van der Waals surface area contributed by atoms with Crippen LogP contribution in [0, 0.1) is 17.1 Å². The number of hydrogen-bond acceptors (Lipinski definition) is 4. The Kier molecular flexibility index (Phi) is 4.84. The highest BCUT2D eigenvalue weighted by molar-refractivity contribution is 5.42.